The molecular weight excluding hydrogens is 618 g/mol. The minimum Gasteiger partial charge on any atom is -0.497 e. The van der Waals surface area contributed by atoms with Crippen molar-refractivity contribution in [1.29, 1.82) is 0 Å². The largest absolute Gasteiger partial charge is 0.497 e. The van der Waals surface area contributed by atoms with Crippen LogP contribution < -0.4 is 14.4 Å². The summed E-state index contributed by atoms with van der Waals surface area (Å²) in [7, 11) is -2.72. The Morgan fingerprint density at radius 2 is 1.75 bits per heavy atom. The van der Waals surface area contributed by atoms with Crippen LogP contribution in [0.2, 0.25) is 5.02 Å². The zero-order chi connectivity index (χ0) is 29.3. The molecule has 11 heteroatoms. The number of benzene rings is 3. The first-order chi connectivity index (χ1) is 19.1. The van der Waals surface area contributed by atoms with Gasteiger partial charge in [0.15, 0.2) is 0 Å². The fourth-order valence-electron chi connectivity index (χ4n) is 3.99. The van der Waals surface area contributed by atoms with Crippen molar-refractivity contribution < 1.29 is 22.7 Å². The molecular formula is C29H33BrClN3O5S. The van der Waals surface area contributed by atoms with Gasteiger partial charge in [0.05, 0.1) is 17.7 Å². The highest BCUT2D eigenvalue weighted by Crippen LogP contribution is 2.28. The molecule has 1 atom stereocenters. The second kappa shape index (κ2) is 14.5. The van der Waals surface area contributed by atoms with Crippen molar-refractivity contribution in [3.05, 3.63) is 87.9 Å². The van der Waals surface area contributed by atoms with Crippen LogP contribution in [-0.4, -0.2) is 51.4 Å². The number of amides is 2. The summed E-state index contributed by atoms with van der Waals surface area (Å²) in [5.74, 6) is -0.369. The molecule has 0 aliphatic carbocycles. The van der Waals surface area contributed by atoms with Crippen LogP contribution >= 0.6 is 27.5 Å². The van der Waals surface area contributed by atoms with E-state index in [9.17, 15) is 18.0 Å². The highest BCUT2D eigenvalue weighted by molar-refractivity contribution is 9.10. The molecule has 0 spiro atoms. The zero-order valence-corrected chi connectivity index (χ0v) is 25.8. The summed E-state index contributed by atoms with van der Waals surface area (Å²) in [6, 6.07) is 18.7. The Morgan fingerprint density at radius 3 is 2.38 bits per heavy atom. The zero-order valence-electron chi connectivity index (χ0n) is 22.6. The third kappa shape index (κ3) is 8.22. The van der Waals surface area contributed by atoms with Crippen LogP contribution in [0.5, 0.6) is 5.75 Å². The van der Waals surface area contributed by atoms with Crippen LogP contribution in [0.25, 0.3) is 0 Å². The standard InChI is InChI=1S/C29H33BrClN3O5S/c1-4-5-16-32-29(36)21(2)33(19-22-8-6-9-23(30)17-22)28(35)20-34(25-11-7-10-24(31)18-25)40(37,38)27-14-12-26(39-3)13-15-27/h6-15,17-18,21H,4-5,16,19-20H2,1-3H3,(H,32,36)/t21-/m0/s1. The molecule has 8 nitrogen and oxygen atoms in total. The maximum atomic E-state index is 13.9. The summed E-state index contributed by atoms with van der Waals surface area (Å²) < 4.78 is 34.7. The van der Waals surface area contributed by atoms with E-state index in [-0.39, 0.29) is 23.0 Å². The number of hydrogen-bond acceptors (Lipinski definition) is 5. The van der Waals surface area contributed by atoms with Crippen LogP contribution in [-0.2, 0) is 26.2 Å². The molecule has 214 valence electrons. The molecule has 0 unspecified atom stereocenters. The number of anilines is 1. The molecule has 0 saturated heterocycles. The lowest BCUT2D eigenvalue weighted by atomic mass is 10.1. The van der Waals surface area contributed by atoms with Crippen molar-refractivity contribution in [2.75, 3.05) is 24.5 Å². The van der Waals surface area contributed by atoms with Crippen LogP contribution in [0.1, 0.15) is 32.3 Å². The molecule has 0 saturated carbocycles. The van der Waals surface area contributed by atoms with Crippen molar-refractivity contribution in [1.82, 2.24) is 10.2 Å². The van der Waals surface area contributed by atoms with E-state index in [1.165, 1.54) is 42.3 Å². The summed E-state index contributed by atoms with van der Waals surface area (Å²) in [6.45, 7) is 3.70. The molecule has 0 aliphatic rings. The average molecular weight is 651 g/mol. The predicted molar refractivity (Wildman–Crippen MR) is 161 cm³/mol. The Balaban J connectivity index is 2.00. The third-order valence-corrected chi connectivity index (χ3v) is 8.78. The molecule has 0 aromatic heterocycles. The lowest BCUT2D eigenvalue weighted by Gasteiger charge is -2.32. The molecule has 40 heavy (non-hydrogen) atoms. The van der Waals surface area contributed by atoms with E-state index in [2.05, 4.69) is 21.2 Å². The summed E-state index contributed by atoms with van der Waals surface area (Å²) >= 11 is 9.65. The van der Waals surface area contributed by atoms with Gasteiger partial charge in [-0.1, -0.05) is 59.1 Å². The summed E-state index contributed by atoms with van der Waals surface area (Å²) in [5.41, 5.74) is 1.00. The Morgan fingerprint density at radius 1 is 1.05 bits per heavy atom. The Bertz CT molecular complexity index is 1420. The van der Waals surface area contributed by atoms with Gasteiger partial charge in [0.25, 0.3) is 10.0 Å². The van der Waals surface area contributed by atoms with Gasteiger partial charge in [-0.25, -0.2) is 8.42 Å². The van der Waals surface area contributed by atoms with E-state index in [4.69, 9.17) is 16.3 Å². The van der Waals surface area contributed by atoms with E-state index in [1.54, 1.807) is 25.1 Å². The number of nitrogens with one attached hydrogen (secondary N) is 1. The summed E-state index contributed by atoms with van der Waals surface area (Å²) in [5, 5.41) is 3.19. The molecule has 1 N–H and O–H groups in total. The molecule has 3 rings (SSSR count). The van der Waals surface area contributed by atoms with Crippen molar-refractivity contribution >= 4 is 55.1 Å². The van der Waals surface area contributed by atoms with Crippen LogP contribution in [0.4, 0.5) is 5.69 Å². The maximum absolute atomic E-state index is 13.9. The van der Waals surface area contributed by atoms with Gasteiger partial charge < -0.3 is 15.0 Å². The first-order valence-electron chi connectivity index (χ1n) is 12.8. The van der Waals surface area contributed by atoms with E-state index in [1.807, 2.05) is 31.2 Å². The van der Waals surface area contributed by atoms with Crippen LogP contribution in [0.15, 0.2) is 82.2 Å². The first-order valence-corrected chi connectivity index (χ1v) is 15.4. The normalized spacial score (nSPS) is 11.9. The van der Waals surface area contributed by atoms with Crippen molar-refractivity contribution in [2.45, 2.75) is 44.2 Å². The molecule has 0 fully saturated rings. The number of ether oxygens (including phenoxy) is 1. The van der Waals surface area contributed by atoms with Gasteiger partial charge in [-0.15, -0.1) is 0 Å². The molecule has 3 aromatic carbocycles. The Hall–Kier alpha value is -3.08. The SMILES string of the molecule is CCCCNC(=O)[C@H](C)N(Cc1cccc(Br)c1)C(=O)CN(c1cccc(Cl)c1)S(=O)(=O)c1ccc(OC)cc1. The minimum absolute atomic E-state index is 0.0232. The van der Waals surface area contributed by atoms with Gasteiger partial charge in [-0.05, 0) is 73.5 Å². The number of nitrogens with zero attached hydrogens (tertiary/aromatic N) is 2. The van der Waals surface area contributed by atoms with E-state index in [0.29, 0.717) is 17.3 Å². The second-order valence-electron chi connectivity index (χ2n) is 9.14. The van der Waals surface area contributed by atoms with E-state index < -0.39 is 28.5 Å². The number of methoxy groups -OCH3 is 1. The fourth-order valence-corrected chi connectivity index (χ4v) is 6.02. The van der Waals surface area contributed by atoms with Gasteiger partial charge in [-0.3, -0.25) is 13.9 Å². The number of carbonyl (C=O) groups excluding carboxylic acids is 2. The topological polar surface area (TPSA) is 96.0 Å². The summed E-state index contributed by atoms with van der Waals surface area (Å²) in [6.07, 6.45) is 1.72. The second-order valence-corrected chi connectivity index (χ2v) is 12.4. The van der Waals surface area contributed by atoms with Crippen molar-refractivity contribution in [2.24, 2.45) is 0 Å². The minimum atomic E-state index is -4.20. The van der Waals surface area contributed by atoms with Gasteiger partial charge in [0, 0.05) is 22.6 Å². The molecule has 0 radical (unpaired) electrons. The smallest absolute Gasteiger partial charge is 0.264 e. The maximum Gasteiger partial charge on any atom is 0.264 e. The van der Waals surface area contributed by atoms with E-state index >= 15 is 0 Å². The van der Waals surface area contributed by atoms with Crippen LogP contribution in [0, 0.1) is 0 Å². The Kier molecular flexibility index (Phi) is 11.4. The fraction of sp³-hybridized carbons (Fsp3) is 0.310. The number of carbonyl (C=O) groups is 2. The number of rotatable bonds is 13. The lowest BCUT2D eigenvalue weighted by molar-refractivity contribution is -0.139. The number of halogens is 2. The number of sulfonamides is 1. The van der Waals surface area contributed by atoms with Gasteiger partial charge >= 0.3 is 0 Å². The average Bonchev–Trinajstić information content (AvgIpc) is 2.94. The van der Waals surface area contributed by atoms with Crippen molar-refractivity contribution in [3.63, 3.8) is 0 Å². The first kappa shape index (κ1) is 31.4. The van der Waals surface area contributed by atoms with Gasteiger partial charge in [-0.2, -0.15) is 0 Å². The predicted octanol–water partition coefficient (Wildman–Crippen LogP) is 5.64. The van der Waals surface area contributed by atoms with Gasteiger partial charge in [0.2, 0.25) is 11.8 Å². The quantitative estimate of drug-likeness (QED) is 0.242. The highest BCUT2D eigenvalue weighted by atomic mass is 79.9. The molecule has 0 bridgehead atoms. The summed E-state index contributed by atoms with van der Waals surface area (Å²) in [4.78, 5) is 28.3. The molecule has 3 aromatic rings. The van der Waals surface area contributed by atoms with Crippen LogP contribution in [0.3, 0.4) is 0 Å². The lowest BCUT2D eigenvalue weighted by Crippen LogP contribution is -2.51. The van der Waals surface area contributed by atoms with E-state index in [0.717, 1.165) is 27.2 Å². The monoisotopic (exact) mass is 649 g/mol. The molecule has 2 amide bonds. The number of hydrogen-bond donors (Lipinski definition) is 1. The molecule has 0 aliphatic heterocycles. The third-order valence-electron chi connectivity index (χ3n) is 6.26. The Labute approximate surface area is 249 Å². The highest BCUT2D eigenvalue weighted by Gasteiger charge is 2.32. The number of unbranched alkanes of at least 4 members (excludes halogenated alkanes) is 1. The van der Waals surface area contributed by atoms with Gasteiger partial charge in [0.1, 0.15) is 18.3 Å². The van der Waals surface area contributed by atoms with Crippen molar-refractivity contribution in [3.8, 4) is 5.75 Å². The molecule has 0 heterocycles.